The Balaban J connectivity index is 3.40. The van der Waals surface area contributed by atoms with Crippen LogP contribution in [0.15, 0.2) is 10.5 Å². The summed E-state index contributed by atoms with van der Waals surface area (Å²) in [5, 5.41) is 0. The van der Waals surface area contributed by atoms with Gasteiger partial charge in [0.15, 0.2) is 11.5 Å². The third-order valence-electron chi connectivity index (χ3n) is 2.27. The summed E-state index contributed by atoms with van der Waals surface area (Å²) in [7, 11) is 4.82. The molecule has 0 unspecified atom stereocenters. The van der Waals surface area contributed by atoms with Gasteiger partial charge in [-0.1, -0.05) is 0 Å². The molecule has 16 heavy (non-hydrogen) atoms. The van der Waals surface area contributed by atoms with E-state index in [4.69, 9.17) is 19.9 Å². The van der Waals surface area contributed by atoms with Crippen molar-refractivity contribution in [3.63, 3.8) is 0 Å². The number of rotatable bonds is 5. The quantitative estimate of drug-likeness (QED) is 0.901. The van der Waals surface area contributed by atoms with Crippen LogP contribution in [0.3, 0.4) is 0 Å². The average molecular weight is 290 g/mol. The minimum Gasteiger partial charge on any atom is -0.495 e. The minimum atomic E-state index is 0.520. The van der Waals surface area contributed by atoms with E-state index in [1.54, 1.807) is 21.3 Å². The first kappa shape index (κ1) is 13.1. The summed E-state index contributed by atoms with van der Waals surface area (Å²) in [5.41, 5.74) is 6.50. The van der Waals surface area contributed by atoms with Gasteiger partial charge in [-0.05, 0) is 28.9 Å². The zero-order chi connectivity index (χ0) is 12.1. The molecule has 0 aliphatic heterocycles. The molecule has 0 saturated carbocycles. The van der Waals surface area contributed by atoms with Crippen LogP contribution in [-0.2, 0) is 6.42 Å². The molecular weight excluding hydrogens is 274 g/mol. The van der Waals surface area contributed by atoms with Gasteiger partial charge in [0.25, 0.3) is 0 Å². The standard InChI is InChI=1S/C11H16BrNO3/c1-14-9-6-8(12)10(15-2)7(4-5-13)11(9)16-3/h6H,4-5,13H2,1-3H3. The van der Waals surface area contributed by atoms with Crippen molar-refractivity contribution in [3.8, 4) is 17.2 Å². The molecule has 5 heteroatoms. The summed E-state index contributed by atoms with van der Waals surface area (Å²) in [6.07, 6.45) is 0.669. The van der Waals surface area contributed by atoms with Crippen LogP contribution in [0.5, 0.6) is 17.2 Å². The van der Waals surface area contributed by atoms with Crippen molar-refractivity contribution in [2.75, 3.05) is 27.9 Å². The first-order valence-electron chi connectivity index (χ1n) is 4.87. The molecule has 1 rings (SSSR count). The first-order chi connectivity index (χ1) is 7.69. The van der Waals surface area contributed by atoms with E-state index in [-0.39, 0.29) is 0 Å². The van der Waals surface area contributed by atoms with E-state index in [1.807, 2.05) is 6.07 Å². The zero-order valence-electron chi connectivity index (χ0n) is 9.67. The second-order valence-electron chi connectivity index (χ2n) is 3.14. The highest BCUT2D eigenvalue weighted by Crippen LogP contribution is 2.42. The van der Waals surface area contributed by atoms with Gasteiger partial charge >= 0.3 is 0 Å². The summed E-state index contributed by atoms with van der Waals surface area (Å²) in [5.74, 6) is 2.08. The van der Waals surface area contributed by atoms with E-state index in [0.717, 1.165) is 15.8 Å². The molecule has 0 aliphatic carbocycles. The van der Waals surface area contributed by atoms with E-state index >= 15 is 0 Å². The Kier molecular flexibility index (Phi) is 4.89. The van der Waals surface area contributed by atoms with Crippen LogP contribution >= 0.6 is 15.9 Å². The average Bonchev–Trinajstić information content (AvgIpc) is 2.29. The number of methoxy groups -OCH3 is 3. The lowest BCUT2D eigenvalue weighted by Gasteiger charge is -2.17. The number of ether oxygens (including phenoxy) is 3. The monoisotopic (exact) mass is 289 g/mol. The summed E-state index contributed by atoms with van der Waals surface area (Å²) >= 11 is 3.43. The molecule has 0 amide bonds. The number of hydrogen-bond donors (Lipinski definition) is 1. The Hall–Kier alpha value is -0.940. The minimum absolute atomic E-state index is 0.520. The largest absolute Gasteiger partial charge is 0.495 e. The van der Waals surface area contributed by atoms with Crippen molar-refractivity contribution in [1.82, 2.24) is 0 Å². The predicted octanol–water partition coefficient (Wildman–Crippen LogP) is 1.98. The highest BCUT2D eigenvalue weighted by Gasteiger charge is 2.18. The molecule has 0 fully saturated rings. The van der Waals surface area contributed by atoms with Crippen LogP contribution < -0.4 is 19.9 Å². The summed E-state index contributed by atoms with van der Waals surface area (Å²) < 4.78 is 16.8. The molecule has 90 valence electrons. The molecular formula is C11H16BrNO3. The van der Waals surface area contributed by atoms with Crippen molar-refractivity contribution in [2.45, 2.75) is 6.42 Å². The van der Waals surface area contributed by atoms with E-state index < -0.39 is 0 Å². The molecule has 0 atom stereocenters. The maximum atomic E-state index is 5.58. The Morgan fingerprint density at radius 1 is 1.12 bits per heavy atom. The number of benzene rings is 1. The second kappa shape index (κ2) is 5.96. The fourth-order valence-electron chi connectivity index (χ4n) is 1.61. The topological polar surface area (TPSA) is 53.7 Å². The Morgan fingerprint density at radius 3 is 2.19 bits per heavy atom. The third-order valence-corrected chi connectivity index (χ3v) is 2.86. The van der Waals surface area contributed by atoms with Gasteiger partial charge in [0.1, 0.15) is 5.75 Å². The van der Waals surface area contributed by atoms with Gasteiger partial charge in [0, 0.05) is 11.6 Å². The van der Waals surface area contributed by atoms with Gasteiger partial charge in [-0.25, -0.2) is 0 Å². The zero-order valence-corrected chi connectivity index (χ0v) is 11.3. The normalized spacial score (nSPS) is 10.1. The van der Waals surface area contributed by atoms with Gasteiger partial charge in [-0.15, -0.1) is 0 Å². The number of hydrogen-bond acceptors (Lipinski definition) is 4. The lowest BCUT2D eigenvalue weighted by Crippen LogP contribution is -2.07. The maximum absolute atomic E-state index is 5.58. The fourth-order valence-corrected chi connectivity index (χ4v) is 2.22. The molecule has 0 heterocycles. The van der Waals surface area contributed by atoms with Gasteiger partial charge in [0.2, 0.25) is 0 Å². The van der Waals surface area contributed by atoms with Crippen LogP contribution in [0, 0.1) is 0 Å². The summed E-state index contributed by atoms with van der Waals surface area (Å²) in [6.45, 7) is 0.520. The molecule has 0 bridgehead atoms. The lowest BCUT2D eigenvalue weighted by atomic mass is 10.1. The van der Waals surface area contributed by atoms with Gasteiger partial charge in [-0.3, -0.25) is 0 Å². The maximum Gasteiger partial charge on any atom is 0.167 e. The second-order valence-corrected chi connectivity index (χ2v) is 4.00. The Bertz CT molecular complexity index is 369. The highest BCUT2D eigenvalue weighted by atomic mass is 79.9. The number of nitrogens with two attached hydrogens (primary N) is 1. The molecule has 0 saturated heterocycles. The summed E-state index contributed by atoms with van der Waals surface area (Å²) in [6, 6.07) is 1.82. The smallest absolute Gasteiger partial charge is 0.167 e. The Morgan fingerprint density at radius 2 is 1.75 bits per heavy atom. The highest BCUT2D eigenvalue weighted by molar-refractivity contribution is 9.10. The summed E-state index contributed by atoms with van der Waals surface area (Å²) in [4.78, 5) is 0. The third kappa shape index (κ3) is 2.41. The van der Waals surface area contributed by atoms with Crippen LogP contribution in [0.2, 0.25) is 0 Å². The number of halogens is 1. The van der Waals surface area contributed by atoms with E-state index in [0.29, 0.717) is 24.5 Å². The SMILES string of the molecule is COc1cc(Br)c(OC)c(CCN)c1OC. The fraction of sp³-hybridized carbons (Fsp3) is 0.455. The first-order valence-corrected chi connectivity index (χ1v) is 5.66. The van der Waals surface area contributed by atoms with Gasteiger partial charge in [-0.2, -0.15) is 0 Å². The van der Waals surface area contributed by atoms with Crippen LogP contribution in [0.4, 0.5) is 0 Å². The van der Waals surface area contributed by atoms with Crippen molar-refractivity contribution in [1.29, 1.82) is 0 Å². The van der Waals surface area contributed by atoms with Crippen molar-refractivity contribution >= 4 is 15.9 Å². The lowest BCUT2D eigenvalue weighted by molar-refractivity contribution is 0.343. The van der Waals surface area contributed by atoms with E-state index in [1.165, 1.54) is 0 Å². The van der Waals surface area contributed by atoms with Crippen LogP contribution in [0.25, 0.3) is 0 Å². The van der Waals surface area contributed by atoms with E-state index in [9.17, 15) is 0 Å². The molecule has 0 spiro atoms. The Labute approximate surface area is 104 Å². The van der Waals surface area contributed by atoms with Crippen molar-refractivity contribution < 1.29 is 14.2 Å². The molecule has 2 N–H and O–H groups in total. The van der Waals surface area contributed by atoms with Crippen LogP contribution in [-0.4, -0.2) is 27.9 Å². The van der Waals surface area contributed by atoms with Gasteiger partial charge in [0.05, 0.1) is 25.8 Å². The molecule has 0 aliphatic rings. The predicted molar refractivity (Wildman–Crippen MR) is 66.6 cm³/mol. The molecule has 0 aromatic heterocycles. The van der Waals surface area contributed by atoms with E-state index in [2.05, 4.69) is 15.9 Å². The van der Waals surface area contributed by atoms with Crippen LogP contribution in [0.1, 0.15) is 5.56 Å². The molecule has 1 aromatic carbocycles. The van der Waals surface area contributed by atoms with Crippen molar-refractivity contribution in [3.05, 3.63) is 16.1 Å². The van der Waals surface area contributed by atoms with Gasteiger partial charge < -0.3 is 19.9 Å². The van der Waals surface area contributed by atoms with Crippen molar-refractivity contribution in [2.24, 2.45) is 5.73 Å². The molecule has 4 nitrogen and oxygen atoms in total. The molecule has 0 radical (unpaired) electrons. The molecule has 1 aromatic rings.